The van der Waals surface area contributed by atoms with Gasteiger partial charge in [0.15, 0.2) is 0 Å². The number of amides is 1. The number of hydrogen-bond acceptors (Lipinski definition) is 6. The predicted octanol–water partition coefficient (Wildman–Crippen LogP) is 2.32. The summed E-state index contributed by atoms with van der Waals surface area (Å²) >= 11 is 0. The maximum atomic E-state index is 13.4. The van der Waals surface area contributed by atoms with E-state index < -0.39 is 47.2 Å². The third kappa shape index (κ3) is 5.94. The van der Waals surface area contributed by atoms with Gasteiger partial charge in [-0.3, -0.25) is 9.59 Å². The van der Waals surface area contributed by atoms with E-state index in [-0.39, 0.29) is 45.3 Å². The lowest BCUT2D eigenvalue weighted by atomic mass is 10.2. The molecule has 0 aliphatic carbocycles. The van der Waals surface area contributed by atoms with Crippen LogP contribution in [-0.2, 0) is 19.1 Å². The van der Waals surface area contributed by atoms with Crippen LogP contribution in [0.25, 0.3) is 0 Å². The van der Waals surface area contributed by atoms with Crippen LogP contribution in [-0.4, -0.2) is 55.6 Å². The maximum Gasteiger partial charge on any atom is 0.313 e. The molecule has 2 rings (SSSR count). The lowest BCUT2D eigenvalue weighted by Gasteiger charge is -2.12. The molecule has 0 spiro atoms. The van der Waals surface area contributed by atoms with Crippen LogP contribution in [0.1, 0.15) is 19.8 Å². The number of rotatable bonds is 10. The number of esters is 1. The van der Waals surface area contributed by atoms with Crippen LogP contribution >= 0.6 is 0 Å². The second kappa shape index (κ2) is 10.3. The highest BCUT2D eigenvalue weighted by atomic mass is 19.2. The summed E-state index contributed by atoms with van der Waals surface area (Å²) in [6.07, 6.45) is -0.208. The van der Waals surface area contributed by atoms with Gasteiger partial charge in [-0.1, -0.05) is 0 Å². The molecule has 1 aliphatic heterocycles. The molecule has 12 heteroatoms. The van der Waals surface area contributed by atoms with Gasteiger partial charge >= 0.3 is 5.97 Å². The minimum absolute atomic E-state index is 0.0616. The first-order valence-corrected chi connectivity index (χ1v) is 8.44. The lowest BCUT2D eigenvalue weighted by Crippen LogP contribution is -2.25. The van der Waals surface area contributed by atoms with Gasteiger partial charge in [-0.15, -0.1) is 0 Å². The van der Waals surface area contributed by atoms with Crippen LogP contribution in [0.15, 0.2) is 5.10 Å². The van der Waals surface area contributed by atoms with Crippen LogP contribution in [0.2, 0.25) is 0 Å². The third-order valence-corrected chi connectivity index (χ3v) is 3.64. The normalized spacial score (nSPS) is 13.8. The zero-order valence-corrected chi connectivity index (χ0v) is 15.3. The molecule has 7 nitrogen and oxygen atoms in total. The highest BCUT2D eigenvalue weighted by molar-refractivity contribution is 6.03. The molecule has 1 aromatic carbocycles. The number of hydrogen-bond donors (Lipinski definition) is 0. The number of nitrogens with zero attached hydrogens (tertiary/aromatic N) is 2. The molecule has 160 valence electrons. The van der Waals surface area contributed by atoms with E-state index >= 15 is 0 Å². The number of carbonyl (C=O) groups is 2. The zero-order valence-electron chi connectivity index (χ0n) is 15.3. The molecule has 0 saturated heterocycles. The molecule has 0 radical (unpaired) electrons. The maximum absolute atomic E-state index is 13.4. The molecule has 1 aromatic rings. The topological polar surface area (TPSA) is 77.4 Å². The molecule has 29 heavy (non-hydrogen) atoms. The second-order valence-electron chi connectivity index (χ2n) is 5.88. The minimum Gasteiger partial charge on any atom is -0.420 e. The quantitative estimate of drug-likeness (QED) is 0.144. The Morgan fingerprint density at radius 1 is 0.931 bits per heavy atom. The first-order valence-electron chi connectivity index (χ1n) is 8.44. The van der Waals surface area contributed by atoms with Gasteiger partial charge < -0.3 is 14.2 Å². The Balaban J connectivity index is 1.63. The van der Waals surface area contributed by atoms with E-state index in [0.29, 0.717) is 0 Å². The molecule has 0 aromatic heterocycles. The zero-order chi connectivity index (χ0) is 21.6. The Morgan fingerprint density at radius 3 is 2.03 bits per heavy atom. The summed E-state index contributed by atoms with van der Waals surface area (Å²) in [4.78, 5) is 23.0. The van der Waals surface area contributed by atoms with Gasteiger partial charge in [0.1, 0.15) is 0 Å². The summed E-state index contributed by atoms with van der Waals surface area (Å²) in [7, 11) is 0. The van der Waals surface area contributed by atoms with Crippen molar-refractivity contribution in [2.45, 2.75) is 19.8 Å². The molecule has 1 amide bonds. The van der Waals surface area contributed by atoms with Gasteiger partial charge in [-0.2, -0.15) is 13.9 Å². The van der Waals surface area contributed by atoms with Gasteiger partial charge in [0.05, 0.1) is 45.8 Å². The molecule has 1 heterocycles. The monoisotopic (exact) mass is 424 g/mol. The second-order valence-corrected chi connectivity index (χ2v) is 5.88. The van der Waals surface area contributed by atoms with Gasteiger partial charge in [0.2, 0.25) is 40.7 Å². The average Bonchev–Trinajstić information content (AvgIpc) is 3.01. The number of carbonyl (C=O) groups excluding carboxylic acids is 2. The van der Waals surface area contributed by atoms with Crippen LogP contribution in [0.4, 0.5) is 22.0 Å². The van der Waals surface area contributed by atoms with Crippen molar-refractivity contribution in [1.82, 2.24) is 5.01 Å². The fourth-order valence-corrected chi connectivity index (χ4v) is 2.25. The minimum atomic E-state index is -2.35. The predicted molar refractivity (Wildman–Crippen MR) is 87.6 cm³/mol. The van der Waals surface area contributed by atoms with Crippen molar-refractivity contribution >= 4 is 17.6 Å². The van der Waals surface area contributed by atoms with Gasteiger partial charge in [-0.05, 0) is 6.92 Å². The number of ether oxygens (including phenoxy) is 3. The first kappa shape index (κ1) is 22.7. The lowest BCUT2D eigenvalue weighted by molar-refractivity contribution is -0.136. The van der Waals surface area contributed by atoms with E-state index in [0.717, 1.165) is 5.71 Å². The van der Waals surface area contributed by atoms with Crippen LogP contribution < -0.4 is 4.74 Å². The van der Waals surface area contributed by atoms with Crippen molar-refractivity contribution in [3.8, 4) is 5.75 Å². The van der Waals surface area contributed by atoms with E-state index in [1.54, 1.807) is 6.92 Å². The van der Waals surface area contributed by atoms with E-state index in [1.807, 2.05) is 0 Å². The summed E-state index contributed by atoms with van der Waals surface area (Å²) in [5, 5.41) is 5.31. The Bertz CT molecular complexity index is 789. The van der Waals surface area contributed by atoms with Gasteiger partial charge in [0.25, 0.3) is 0 Å². The standard InChI is InChI=1S/C17H17F5N2O5/c1-9-8-10(25)24(23-9)3-5-28-7-6-27-4-2-11(26)29-17-15(21)13(19)12(18)14(20)16(17)22/h2-8H2,1H3. The Kier molecular flexibility index (Phi) is 8.02. The molecular weight excluding hydrogens is 407 g/mol. The van der Waals surface area contributed by atoms with Crippen molar-refractivity contribution in [2.24, 2.45) is 5.10 Å². The highest BCUT2D eigenvalue weighted by Gasteiger charge is 2.28. The van der Waals surface area contributed by atoms with Crippen LogP contribution in [0.3, 0.4) is 0 Å². The van der Waals surface area contributed by atoms with Crippen molar-refractivity contribution in [2.75, 3.05) is 33.0 Å². The van der Waals surface area contributed by atoms with E-state index in [4.69, 9.17) is 9.47 Å². The Hall–Kier alpha value is -2.60. The van der Waals surface area contributed by atoms with E-state index in [1.165, 1.54) is 5.01 Å². The number of halogens is 5. The summed E-state index contributed by atoms with van der Waals surface area (Å²) in [5.74, 6) is -14.3. The summed E-state index contributed by atoms with van der Waals surface area (Å²) in [6.45, 7) is 2.21. The van der Waals surface area contributed by atoms with Crippen molar-refractivity contribution < 1.29 is 45.8 Å². The number of hydrazone groups is 1. The highest BCUT2D eigenvalue weighted by Crippen LogP contribution is 2.29. The number of benzene rings is 1. The van der Waals surface area contributed by atoms with Crippen molar-refractivity contribution in [3.05, 3.63) is 29.1 Å². The molecule has 0 bridgehead atoms. The average molecular weight is 424 g/mol. The third-order valence-electron chi connectivity index (χ3n) is 3.64. The Morgan fingerprint density at radius 2 is 1.48 bits per heavy atom. The smallest absolute Gasteiger partial charge is 0.313 e. The molecule has 0 saturated carbocycles. The van der Waals surface area contributed by atoms with Crippen molar-refractivity contribution in [3.63, 3.8) is 0 Å². The van der Waals surface area contributed by atoms with E-state index in [9.17, 15) is 31.5 Å². The Labute approximate surface area is 162 Å². The fraction of sp³-hybridized carbons (Fsp3) is 0.471. The van der Waals surface area contributed by atoms with Crippen LogP contribution in [0, 0.1) is 29.1 Å². The summed E-state index contributed by atoms with van der Waals surface area (Å²) in [5.41, 5.74) is 0.719. The van der Waals surface area contributed by atoms with Crippen LogP contribution in [0.5, 0.6) is 5.75 Å². The molecule has 0 fully saturated rings. The molecule has 0 N–H and O–H groups in total. The SMILES string of the molecule is CC1=NN(CCOCCOCCC(=O)Oc2c(F)c(F)c(F)c(F)c2F)C(=O)C1. The fourth-order valence-electron chi connectivity index (χ4n) is 2.25. The molecule has 0 atom stereocenters. The summed E-state index contributed by atoms with van der Waals surface area (Å²) < 4.78 is 80.3. The summed E-state index contributed by atoms with van der Waals surface area (Å²) in [6, 6.07) is 0. The largest absolute Gasteiger partial charge is 0.420 e. The first-order chi connectivity index (χ1) is 13.7. The molecule has 1 aliphatic rings. The van der Waals surface area contributed by atoms with E-state index in [2.05, 4.69) is 9.84 Å². The molecular formula is C17H17F5N2O5. The van der Waals surface area contributed by atoms with Gasteiger partial charge in [0, 0.05) is 5.71 Å². The molecule has 0 unspecified atom stereocenters. The van der Waals surface area contributed by atoms with Gasteiger partial charge in [-0.25, -0.2) is 18.2 Å². The van der Waals surface area contributed by atoms with Crippen molar-refractivity contribution in [1.29, 1.82) is 0 Å².